The molecule has 2 heteroatoms. The lowest BCUT2D eigenvalue weighted by atomic mass is 10.1. The van der Waals surface area contributed by atoms with Crippen LogP contribution in [0.4, 0.5) is 4.39 Å². The van der Waals surface area contributed by atoms with E-state index in [-0.39, 0.29) is 6.04 Å². The molecule has 1 aliphatic rings. The van der Waals surface area contributed by atoms with Gasteiger partial charge in [0.2, 0.25) is 0 Å². The van der Waals surface area contributed by atoms with Crippen molar-refractivity contribution >= 4 is 0 Å². The first-order valence-electron chi connectivity index (χ1n) is 5.06. The molecule has 72 valence electrons. The van der Waals surface area contributed by atoms with Crippen LogP contribution in [0.1, 0.15) is 40.0 Å². The van der Waals surface area contributed by atoms with Crippen LogP contribution in [0.25, 0.3) is 0 Å². The molecule has 1 nitrogen and oxygen atoms in total. The van der Waals surface area contributed by atoms with Crippen molar-refractivity contribution in [2.75, 3.05) is 6.54 Å². The molecule has 0 aromatic heterocycles. The quantitative estimate of drug-likeness (QED) is 0.634. The summed E-state index contributed by atoms with van der Waals surface area (Å²) in [5, 5.41) is 0. The van der Waals surface area contributed by atoms with E-state index in [0.29, 0.717) is 6.04 Å². The van der Waals surface area contributed by atoms with Crippen LogP contribution in [-0.2, 0) is 0 Å². The summed E-state index contributed by atoms with van der Waals surface area (Å²) in [5.74, 6) is 0. The third-order valence-electron chi connectivity index (χ3n) is 2.75. The highest BCUT2D eigenvalue weighted by Crippen LogP contribution is 2.26. The fourth-order valence-corrected chi connectivity index (χ4v) is 2.12. The second-order valence-electron chi connectivity index (χ2n) is 3.99. The van der Waals surface area contributed by atoms with Crippen LogP contribution in [0.2, 0.25) is 0 Å². The Morgan fingerprint density at radius 1 is 1.50 bits per heavy atom. The van der Waals surface area contributed by atoms with Crippen molar-refractivity contribution < 1.29 is 4.39 Å². The van der Waals surface area contributed by atoms with Crippen molar-refractivity contribution in [1.29, 1.82) is 0 Å². The van der Waals surface area contributed by atoms with E-state index in [1.165, 1.54) is 0 Å². The van der Waals surface area contributed by atoms with E-state index >= 15 is 0 Å². The predicted molar refractivity (Wildman–Crippen MR) is 50.1 cm³/mol. The van der Waals surface area contributed by atoms with E-state index in [2.05, 4.69) is 25.7 Å². The number of alkyl halides is 1. The van der Waals surface area contributed by atoms with Crippen LogP contribution < -0.4 is 0 Å². The summed E-state index contributed by atoms with van der Waals surface area (Å²) in [6.07, 6.45) is 2.27. The van der Waals surface area contributed by atoms with Gasteiger partial charge in [-0.15, -0.1) is 0 Å². The van der Waals surface area contributed by atoms with Gasteiger partial charge in [0, 0.05) is 18.6 Å². The molecule has 1 fully saturated rings. The number of nitrogens with zero attached hydrogens (tertiary/aromatic N) is 1. The predicted octanol–water partition coefficient (Wildman–Crippen LogP) is 2.61. The highest BCUT2D eigenvalue weighted by atomic mass is 19.1. The minimum Gasteiger partial charge on any atom is -0.295 e. The van der Waals surface area contributed by atoms with E-state index < -0.39 is 6.17 Å². The average molecular weight is 173 g/mol. The minimum atomic E-state index is -0.577. The van der Waals surface area contributed by atoms with Gasteiger partial charge in [0.15, 0.2) is 0 Å². The standard InChI is InChI=1S/C10H20FN/c1-4-5-10-9(11)6-7-12(10)8(2)3/h8-10H,4-7H2,1-3H3/t9-,10+/m0/s1. The number of hydrogen-bond donors (Lipinski definition) is 0. The van der Waals surface area contributed by atoms with Gasteiger partial charge in [0.25, 0.3) is 0 Å². The summed E-state index contributed by atoms with van der Waals surface area (Å²) in [5.41, 5.74) is 0. The van der Waals surface area contributed by atoms with Gasteiger partial charge >= 0.3 is 0 Å². The van der Waals surface area contributed by atoms with Gasteiger partial charge in [-0.25, -0.2) is 4.39 Å². The topological polar surface area (TPSA) is 3.24 Å². The summed E-state index contributed by atoms with van der Waals surface area (Å²) in [7, 11) is 0. The molecule has 0 radical (unpaired) electrons. The largest absolute Gasteiger partial charge is 0.295 e. The molecule has 1 aliphatic heterocycles. The lowest BCUT2D eigenvalue weighted by Crippen LogP contribution is -2.38. The van der Waals surface area contributed by atoms with Gasteiger partial charge in [-0.05, 0) is 26.7 Å². The summed E-state index contributed by atoms with van der Waals surface area (Å²) in [4.78, 5) is 2.30. The van der Waals surface area contributed by atoms with Gasteiger partial charge in [-0.3, -0.25) is 4.90 Å². The zero-order valence-electron chi connectivity index (χ0n) is 8.39. The molecule has 1 heterocycles. The maximum absolute atomic E-state index is 13.3. The Labute approximate surface area is 74.9 Å². The Bertz CT molecular complexity index is 136. The van der Waals surface area contributed by atoms with E-state index in [1.54, 1.807) is 0 Å². The summed E-state index contributed by atoms with van der Waals surface area (Å²) in [6, 6.07) is 0.706. The zero-order chi connectivity index (χ0) is 9.14. The van der Waals surface area contributed by atoms with Crippen molar-refractivity contribution in [3.63, 3.8) is 0 Å². The van der Waals surface area contributed by atoms with E-state index in [9.17, 15) is 4.39 Å². The van der Waals surface area contributed by atoms with Crippen molar-refractivity contribution in [2.45, 2.75) is 58.3 Å². The van der Waals surface area contributed by atoms with Gasteiger partial charge in [0.05, 0.1) is 0 Å². The van der Waals surface area contributed by atoms with Gasteiger partial charge < -0.3 is 0 Å². The number of rotatable bonds is 3. The second-order valence-corrected chi connectivity index (χ2v) is 3.99. The van der Waals surface area contributed by atoms with Crippen LogP contribution in [-0.4, -0.2) is 29.7 Å². The Balaban J connectivity index is 2.51. The molecule has 1 rings (SSSR count). The van der Waals surface area contributed by atoms with Crippen LogP contribution in [0, 0.1) is 0 Å². The summed E-state index contributed by atoms with van der Waals surface area (Å²) in [6.45, 7) is 7.38. The first-order valence-corrected chi connectivity index (χ1v) is 5.06. The molecule has 0 bridgehead atoms. The molecule has 0 spiro atoms. The molecule has 0 N–H and O–H groups in total. The second kappa shape index (κ2) is 4.22. The summed E-state index contributed by atoms with van der Waals surface area (Å²) >= 11 is 0. The van der Waals surface area contributed by atoms with Gasteiger partial charge in [-0.2, -0.15) is 0 Å². The highest BCUT2D eigenvalue weighted by Gasteiger charge is 2.34. The van der Waals surface area contributed by atoms with E-state index in [1.807, 2.05) is 0 Å². The Kier molecular flexibility index (Phi) is 3.51. The Morgan fingerprint density at radius 3 is 2.67 bits per heavy atom. The van der Waals surface area contributed by atoms with Crippen LogP contribution >= 0.6 is 0 Å². The Morgan fingerprint density at radius 2 is 2.17 bits per heavy atom. The number of likely N-dealkylation sites (tertiary alicyclic amines) is 1. The number of halogens is 1. The molecule has 0 aromatic carbocycles. The third-order valence-corrected chi connectivity index (χ3v) is 2.75. The molecule has 0 aromatic rings. The smallest absolute Gasteiger partial charge is 0.117 e. The maximum Gasteiger partial charge on any atom is 0.117 e. The van der Waals surface area contributed by atoms with Crippen molar-refractivity contribution in [2.24, 2.45) is 0 Å². The first-order chi connectivity index (χ1) is 5.66. The van der Waals surface area contributed by atoms with Crippen LogP contribution in [0.15, 0.2) is 0 Å². The normalized spacial score (nSPS) is 31.8. The van der Waals surface area contributed by atoms with Crippen molar-refractivity contribution in [3.05, 3.63) is 0 Å². The fraction of sp³-hybridized carbons (Fsp3) is 1.00. The molecular formula is C10H20FN. The fourth-order valence-electron chi connectivity index (χ4n) is 2.12. The third kappa shape index (κ3) is 1.98. The van der Waals surface area contributed by atoms with E-state index in [4.69, 9.17) is 0 Å². The lowest BCUT2D eigenvalue weighted by molar-refractivity contribution is 0.150. The SMILES string of the molecule is CCC[C@@H]1[C@@H](F)CCN1C(C)C. The summed E-state index contributed by atoms with van der Waals surface area (Å²) < 4.78 is 13.3. The number of hydrogen-bond acceptors (Lipinski definition) is 1. The molecule has 0 amide bonds. The maximum atomic E-state index is 13.3. The molecule has 12 heavy (non-hydrogen) atoms. The molecular weight excluding hydrogens is 153 g/mol. The first kappa shape index (κ1) is 9.97. The zero-order valence-corrected chi connectivity index (χ0v) is 8.39. The van der Waals surface area contributed by atoms with Crippen molar-refractivity contribution in [3.8, 4) is 0 Å². The lowest BCUT2D eigenvalue weighted by Gasteiger charge is -2.28. The molecule has 0 aliphatic carbocycles. The molecule has 0 saturated carbocycles. The molecule has 1 saturated heterocycles. The molecule has 2 atom stereocenters. The average Bonchev–Trinajstić information content (AvgIpc) is 2.34. The Hall–Kier alpha value is -0.110. The van der Waals surface area contributed by atoms with Crippen molar-refractivity contribution in [1.82, 2.24) is 4.90 Å². The van der Waals surface area contributed by atoms with E-state index in [0.717, 1.165) is 25.8 Å². The van der Waals surface area contributed by atoms with Crippen LogP contribution in [0.3, 0.4) is 0 Å². The minimum absolute atomic E-state index is 0.204. The van der Waals surface area contributed by atoms with Gasteiger partial charge in [0.1, 0.15) is 6.17 Å². The van der Waals surface area contributed by atoms with Gasteiger partial charge in [-0.1, -0.05) is 13.3 Å². The van der Waals surface area contributed by atoms with Crippen LogP contribution in [0.5, 0.6) is 0 Å². The monoisotopic (exact) mass is 173 g/mol. The molecule has 0 unspecified atom stereocenters. The highest BCUT2D eigenvalue weighted by molar-refractivity contribution is 4.88.